The number of ether oxygens (including phenoxy) is 1. The lowest BCUT2D eigenvalue weighted by Crippen LogP contribution is -2.13. The molecule has 7 heteroatoms. The summed E-state index contributed by atoms with van der Waals surface area (Å²) in [5.74, 6) is 0.320. The molecule has 1 N–H and O–H groups in total. The van der Waals surface area contributed by atoms with Crippen molar-refractivity contribution in [2.75, 3.05) is 12.4 Å². The van der Waals surface area contributed by atoms with Crippen molar-refractivity contribution in [1.82, 2.24) is 4.98 Å². The number of hydrogen-bond acceptors (Lipinski definition) is 5. The summed E-state index contributed by atoms with van der Waals surface area (Å²) >= 11 is 0. The van der Waals surface area contributed by atoms with E-state index in [9.17, 15) is 14.9 Å². The van der Waals surface area contributed by atoms with E-state index < -0.39 is 4.92 Å². The van der Waals surface area contributed by atoms with Crippen molar-refractivity contribution in [3.05, 3.63) is 94.5 Å². The van der Waals surface area contributed by atoms with E-state index in [4.69, 9.17) is 9.72 Å². The fraction of sp³-hybridized carbons (Fsp3) is 0.0435. The van der Waals surface area contributed by atoms with Crippen LogP contribution in [0.3, 0.4) is 0 Å². The van der Waals surface area contributed by atoms with Gasteiger partial charge in [0.15, 0.2) is 0 Å². The minimum absolute atomic E-state index is 0.0409. The third-order valence-corrected chi connectivity index (χ3v) is 4.68. The summed E-state index contributed by atoms with van der Waals surface area (Å²) < 4.78 is 5.44. The Balaban J connectivity index is 1.77. The molecule has 0 unspecified atom stereocenters. The standard InChI is InChI=1S/C23H17N3O4/c1-30-22-9-5-3-7-18(22)21-14-19(17-6-2-4-8-20(17)25-21)23(27)24-15-10-12-16(13-11-15)26(28)29/h2-14H,1H3,(H,24,27). The van der Waals surface area contributed by atoms with Gasteiger partial charge in [-0.05, 0) is 36.4 Å². The van der Waals surface area contributed by atoms with Crippen LogP contribution in [-0.4, -0.2) is 22.9 Å². The predicted molar refractivity (Wildman–Crippen MR) is 115 cm³/mol. The number of rotatable bonds is 5. The number of non-ortho nitro benzene ring substituents is 1. The molecule has 0 aliphatic heterocycles. The Morgan fingerprint density at radius 2 is 1.70 bits per heavy atom. The lowest BCUT2D eigenvalue weighted by atomic mass is 10.0. The molecule has 7 nitrogen and oxygen atoms in total. The Morgan fingerprint density at radius 3 is 2.43 bits per heavy atom. The number of nitrogens with one attached hydrogen (secondary N) is 1. The first-order chi connectivity index (χ1) is 14.6. The van der Waals surface area contributed by atoms with Crippen LogP contribution in [0, 0.1) is 10.1 Å². The van der Waals surface area contributed by atoms with Gasteiger partial charge in [0.1, 0.15) is 5.75 Å². The second-order valence-corrected chi connectivity index (χ2v) is 6.53. The average Bonchev–Trinajstić information content (AvgIpc) is 2.78. The van der Waals surface area contributed by atoms with Crippen molar-refractivity contribution in [3.63, 3.8) is 0 Å². The number of nitrogens with zero attached hydrogens (tertiary/aromatic N) is 2. The van der Waals surface area contributed by atoms with Crippen molar-refractivity contribution in [1.29, 1.82) is 0 Å². The first-order valence-electron chi connectivity index (χ1n) is 9.16. The molecule has 0 saturated heterocycles. The molecule has 4 rings (SSSR count). The fourth-order valence-electron chi connectivity index (χ4n) is 3.22. The van der Waals surface area contributed by atoms with Crippen molar-refractivity contribution in [2.45, 2.75) is 0 Å². The maximum Gasteiger partial charge on any atom is 0.269 e. The number of aromatic nitrogens is 1. The monoisotopic (exact) mass is 399 g/mol. The second kappa shape index (κ2) is 8.00. The minimum atomic E-state index is -0.485. The molecule has 0 fully saturated rings. The van der Waals surface area contributed by atoms with Gasteiger partial charge in [0.2, 0.25) is 0 Å². The molecule has 0 aliphatic carbocycles. The number of carbonyl (C=O) groups excluding carboxylic acids is 1. The molecule has 30 heavy (non-hydrogen) atoms. The number of pyridine rings is 1. The molecule has 0 aliphatic rings. The number of nitro benzene ring substituents is 1. The largest absolute Gasteiger partial charge is 0.496 e. The summed E-state index contributed by atoms with van der Waals surface area (Å²) in [6.07, 6.45) is 0. The number of methoxy groups -OCH3 is 1. The van der Waals surface area contributed by atoms with Crippen molar-refractivity contribution >= 4 is 28.2 Å². The normalized spacial score (nSPS) is 10.6. The number of benzene rings is 3. The molecular formula is C23H17N3O4. The van der Waals surface area contributed by atoms with E-state index in [2.05, 4.69) is 5.32 Å². The number of carbonyl (C=O) groups is 1. The van der Waals surface area contributed by atoms with Gasteiger partial charge in [-0.1, -0.05) is 30.3 Å². The van der Waals surface area contributed by atoms with Gasteiger partial charge in [-0.25, -0.2) is 4.98 Å². The van der Waals surface area contributed by atoms with Crippen LogP contribution in [-0.2, 0) is 0 Å². The Morgan fingerprint density at radius 1 is 1.00 bits per heavy atom. The molecule has 1 aromatic heterocycles. The van der Waals surface area contributed by atoms with Gasteiger partial charge in [-0.3, -0.25) is 14.9 Å². The molecule has 0 bridgehead atoms. The van der Waals surface area contributed by atoms with E-state index in [0.717, 1.165) is 5.56 Å². The van der Waals surface area contributed by atoms with Gasteiger partial charge in [0, 0.05) is 28.8 Å². The quantitative estimate of drug-likeness (QED) is 0.373. The number of fused-ring (bicyclic) bond motifs is 1. The SMILES string of the molecule is COc1ccccc1-c1cc(C(=O)Nc2ccc([N+](=O)[O-])cc2)c2ccccc2n1. The van der Waals surface area contributed by atoms with Gasteiger partial charge in [-0.15, -0.1) is 0 Å². The molecule has 4 aromatic rings. The molecule has 0 atom stereocenters. The molecule has 1 heterocycles. The summed E-state index contributed by atoms with van der Waals surface area (Å²) in [6.45, 7) is 0. The van der Waals surface area contributed by atoms with E-state index in [-0.39, 0.29) is 11.6 Å². The van der Waals surface area contributed by atoms with Gasteiger partial charge in [0.05, 0.1) is 28.8 Å². The summed E-state index contributed by atoms with van der Waals surface area (Å²) in [6, 6.07) is 22.3. The molecule has 0 saturated carbocycles. The zero-order valence-electron chi connectivity index (χ0n) is 16.0. The molecule has 148 valence electrons. The highest BCUT2D eigenvalue weighted by atomic mass is 16.6. The number of amides is 1. The Hall–Kier alpha value is -4.26. The lowest BCUT2D eigenvalue weighted by molar-refractivity contribution is -0.384. The van der Waals surface area contributed by atoms with Gasteiger partial charge in [-0.2, -0.15) is 0 Å². The van der Waals surface area contributed by atoms with Gasteiger partial charge < -0.3 is 10.1 Å². The highest BCUT2D eigenvalue weighted by molar-refractivity contribution is 6.13. The van der Waals surface area contributed by atoms with E-state index in [0.29, 0.717) is 33.6 Å². The first kappa shape index (κ1) is 19.1. The number of hydrogen-bond donors (Lipinski definition) is 1. The molecular weight excluding hydrogens is 382 g/mol. The topological polar surface area (TPSA) is 94.4 Å². The average molecular weight is 399 g/mol. The van der Waals surface area contributed by atoms with Crippen molar-refractivity contribution < 1.29 is 14.5 Å². The van der Waals surface area contributed by atoms with Crippen LogP contribution in [0.2, 0.25) is 0 Å². The third-order valence-electron chi connectivity index (χ3n) is 4.68. The first-order valence-corrected chi connectivity index (χ1v) is 9.16. The van der Waals surface area contributed by atoms with E-state index >= 15 is 0 Å². The zero-order chi connectivity index (χ0) is 21.1. The number of anilines is 1. The minimum Gasteiger partial charge on any atom is -0.496 e. The Bertz CT molecular complexity index is 1250. The Labute approximate surface area is 172 Å². The highest BCUT2D eigenvalue weighted by Crippen LogP contribution is 2.31. The van der Waals surface area contributed by atoms with Crippen LogP contribution in [0.4, 0.5) is 11.4 Å². The molecule has 1 amide bonds. The van der Waals surface area contributed by atoms with E-state index in [1.807, 2.05) is 48.5 Å². The van der Waals surface area contributed by atoms with Crippen molar-refractivity contribution in [3.8, 4) is 17.0 Å². The van der Waals surface area contributed by atoms with E-state index in [1.54, 1.807) is 13.2 Å². The van der Waals surface area contributed by atoms with Crippen LogP contribution in [0.25, 0.3) is 22.2 Å². The van der Waals surface area contributed by atoms with Crippen LogP contribution in [0.1, 0.15) is 10.4 Å². The maximum absolute atomic E-state index is 13.1. The maximum atomic E-state index is 13.1. The summed E-state index contributed by atoms with van der Waals surface area (Å²) in [5, 5.41) is 14.3. The van der Waals surface area contributed by atoms with Crippen molar-refractivity contribution in [2.24, 2.45) is 0 Å². The lowest BCUT2D eigenvalue weighted by Gasteiger charge is -2.12. The highest BCUT2D eigenvalue weighted by Gasteiger charge is 2.16. The molecule has 0 radical (unpaired) electrons. The van der Waals surface area contributed by atoms with Crippen LogP contribution >= 0.6 is 0 Å². The fourth-order valence-corrected chi connectivity index (χ4v) is 3.22. The summed E-state index contributed by atoms with van der Waals surface area (Å²) in [7, 11) is 1.59. The van der Waals surface area contributed by atoms with Gasteiger partial charge in [0.25, 0.3) is 11.6 Å². The molecule has 0 spiro atoms. The van der Waals surface area contributed by atoms with Gasteiger partial charge >= 0.3 is 0 Å². The predicted octanol–water partition coefficient (Wildman–Crippen LogP) is 5.07. The van der Waals surface area contributed by atoms with E-state index in [1.165, 1.54) is 24.3 Å². The molecule has 3 aromatic carbocycles. The summed E-state index contributed by atoms with van der Waals surface area (Å²) in [5.41, 5.74) is 2.93. The Kier molecular flexibility index (Phi) is 5.09. The number of para-hydroxylation sites is 2. The summed E-state index contributed by atoms with van der Waals surface area (Å²) in [4.78, 5) is 28.1. The smallest absolute Gasteiger partial charge is 0.269 e. The second-order valence-electron chi connectivity index (χ2n) is 6.53. The number of nitro groups is 1. The van der Waals surface area contributed by atoms with Crippen LogP contribution in [0.15, 0.2) is 78.9 Å². The third kappa shape index (κ3) is 3.68. The zero-order valence-corrected chi connectivity index (χ0v) is 16.0. The van der Waals surface area contributed by atoms with Crippen LogP contribution in [0.5, 0.6) is 5.75 Å². The van der Waals surface area contributed by atoms with Crippen LogP contribution < -0.4 is 10.1 Å².